The van der Waals surface area contributed by atoms with Gasteiger partial charge in [0.2, 0.25) is 5.91 Å². The first-order valence-electron chi connectivity index (χ1n) is 5.70. The van der Waals surface area contributed by atoms with Gasteiger partial charge in [0.1, 0.15) is 0 Å². The van der Waals surface area contributed by atoms with Gasteiger partial charge < -0.3 is 15.0 Å². The van der Waals surface area contributed by atoms with Gasteiger partial charge in [-0.05, 0) is 18.1 Å². The van der Waals surface area contributed by atoms with Crippen molar-refractivity contribution in [2.24, 2.45) is 11.8 Å². The Morgan fingerprint density at radius 2 is 1.88 bits per heavy atom. The minimum absolute atomic E-state index is 0.00601. The van der Waals surface area contributed by atoms with Crippen LogP contribution in [-0.2, 0) is 9.53 Å². The highest BCUT2D eigenvalue weighted by atomic mass is 32.1. The van der Waals surface area contributed by atoms with Crippen LogP contribution in [0.4, 0.5) is 0 Å². The van der Waals surface area contributed by atoms with E-state index in [2.05, 4.69) is 5.32 Å². The molecule has 1 saturated heterocycles. The Morgan fingerprint density at radius 3 is 2.38 bits per heavy atom. The number of rotatable bonds is 2. The first-order chi connectivity index (χ1) is 7.52. The van der Waals surface area contributed by atoms with E-state index in [1.165, 1.54) is 0 Å². The van der Waals surface area contributed by atoms with Crippen molar-refractivity contribution in [1.29, 1.82) is 0 Å². The molecule has 0 radical (unpaired) electrons. The van der Waals surface area contributed by atoms with E-state index in [1.54, 1.807) is 0 Å². The quantitative estimate of drug-likeness (QED) is 0.736. The summed E-state index contributed by atoms with van der Waals surface area (Å²) in [5.74, 6) is 0.318. The third kappa shape index (κ3) is 3.72. The van der Waals surface area contributed by atoms with E-state index in [-0.39, 0.29) is 11.8 Å². The summed E-state index contributed by atoms with van der Waals surface area (Å²) in [4.78, 5) is 13.8. The second-order valence-electron chi connectivity index (χ2n) is 4.43. The fourth-order valence-electron chi connectivity index (χ4n) is 1.37. The molecule has 1 rings (SSSR count). The maximum absolute atomic E-state index is 11.8. The van der Waals surface area contributed by atoms with Crippen LogP contribution in [0.1, 0.15) is 20.8 Å². The Hall–Kier alpha value is -0.680. The molecule has 0 aromatic carbocycles. The fourth-order valence-corrected chi connectivity index (χ4v) is 1.65. The van der Waals surface area contributed by atoms with Crippen LogP contribution in [0.3, 0.4) is 0 Å². The van der Waals surface area contributed by atoms with Crippen molar-refractivity contribution >= 4 is 23.2 Å². The Morgan fingerprint density at radius 1 is 1.31 bits per heavy atom. The number of hydrogen-bond acceptors (Lipinski definition) is 3. The Labute approximate surface area is 102 Å². The summed E-state index contributed by atoms with van der Waals surface area (Å²) in [5.41, 5.74) is 0. The molecule has 1 heterocycles. The molecule has 0 unspecified atom stereocenters. The number of ether oxygens (including phenoxy) is 1. The number of carbonyl (C=O) groups excluding carboxylic acids is 1. The minimum Gasteiger partial charge on any atom is -0.378 e. The highest BCUT2D eigenvalue weighted by molar-refractivity contribution is 7.80. The summed E-state index contributed by atoms with van der Waals surface area (Å²) < 4.78 is 5.23. The second-order valence-corrected chi connectivity index (χ2v) is 4.81. The van der Waals surface area contributed by atoms with Crippen LogP contribution in [0.5, 0.6) is 0 Å². The lowest BCUT2D eigenvalue weighted by Crippen LogP contribution is -2.49. The third-order valence-corrected chi connectivity index (χ3v) is 3.30. The van der Waals surface area contributed by atoms with Crippen LogP contribution >= 0.6 is 12.2 Å². The maximum atomic E-state index is 11.8. The lowest BCUT2D eigenvalue weighted by atomic mass is 9.97. The van der Waals surface area contributed by atoms with E-state index >= 15 is 0 Å². The summed E-state index contributed by atoms with van der Waals surface area (Å²) in [6.45, 7) is 8.85. The molecule has 1 amide bonds. The number of nitrogens with zero attached hydrogens (tertiary/aromatic N) is 1. The molecule has 1 atom stereocenters. The molecule has 0 bridgehead atoms. The molecular weight excluding hydrogens is 224 g/mol. The third-order valence-electron chi connectivity index (χ3n) is 2.94. The molecule has 1 aliphatic rings. The van der Waals surface area contributed by atoms with E-state index in [0.717, 1.165) is 13.1 Å². The average Bonchev–Trinajstić information content (AvgIpc) is 2.28. The Bertz CT molecular complexity index is 263. The molecule has 0 aliphatic carbocycles. The Kier molecular flexibility index (Phi) is 5.15. The predicted molar refractivity (Wildman–Crippen MR) is 67.1 cm³/mol. The van der Waals surface area contributed by atoms with Gasteiger partial charge in [0, 0.05) is 19.0 Å². The van der Waals surface area contributed by atoms with Gasteiger partial charge in [-0.3, -0.25) is 4.79 Å². The zero-order chi connectivity index (χ0) is 12.1. The number of nitrogens with one attached hydrogen (secondary N) is 1. The van der Waals surface area contributed by atoms with Crippen LogP contribution in [-0.4, -0.2) is 42.2 Å². The standard InChI is InChI=1S/C11H20N2O2S/c1-8(2)9(3)10(14)12-11(16)13-4-6-15-7-5-13/h8-9H,4-7H2,1-3H3,(H,12,14,16)/t9-/m1/s1. The fraction of sp³-hybridized carbons (Fsp3) is 0.818. The molecule has 1 N–H and O–H groups in total. The maximum Gasteiger partial charge on any atom is 0.229 e. The molecule has 0 saturated carbocycles. The number of thiocarbonyl (C=S) groups is 1. The van der Waals surface area contributed by atoms with Gasteiger partial charge in [-0.25, -0.2) is 0 Å². The van der Waals surface area contributed by atoms with Crippen molar-refractivity contribution in [3.8, 4) is 0 Å². The molecule has 5 heteroatoms. The highest BCUT2D eigenvalue weighted by Gasteiger charge is 2.20. The minimum atomic E-state index is -0.0148. The SMILES string of the molecule is CC(C)[C@@H](C)C(=O)NC(=S)N1CCOCC1. The van der Waals surface area contributed by atoms with Gasteiger partial charge in [0.25, 0.3) is 0 Å². The van der Waals surface area contributed by atoms with Crippen LogP contribution in [0.15, 0.2) is 0 Å². The van der Waals surface area contributed by atoms with Crippen LogP contribution < -0.4 is 5.32 Å². The molecule has 4 nitrogen and oxygen atoms in total. The lowest BCUT2D eigenvalue weighted by molar-refractivity contribution is -0.124. The van der Waals surface area contributed by atoms with Gasteiger partial charge in [0.15, 0.2) is 5.11 Å². The molecule has 92 valence electrons. The summed E-state index contributed by atoms with van der Waals surface area (Å²) in [6.07, 6.45) is 0. The summed E-state index contributed by atoms with van der Waals surface area (Å²) in [6, 6.07) is 0. The topological polar surface area (TPSA) is 41.6 Å². The smallest absolute Gasteiger partial charge is 0.229 e. The zero-order valence-corrected chi connectivity index (χ0v) is 11.0. The average molecular weight is 244 g/mol. The van der Waals surface area contributed by atoms with Crippen LogP contribution in [0.25, 0.3) is 0 Å². The normalized spacial score (nSPS) is 18.4. The van der Waals surface area contributed by atoms with Crippen molar-refractivity contribution in [2.75, 3.05) is 26.3 Å². The largest absolute Gasteiger partial charge is 0.378 e. The summed E-state index contributed by atoms with van der Waals surface area (Å²) in [7, 11) is 0. The molecule has 0 aromatic rings. The van der Waals surface area contributed by atoms with E-state index < -0.39 is 0 Å². The van der Waals surface area contributed by atoms with E-state index in [1.807, 2.05) is 25.7 Å². The predicted octanol–water partition coefficient (Wildman–Crippen LogP) is 1.01. The van der Waals surface area contributed by atoms with E-state index in [9.17, 15) is 4.79 Å². The summed E-state index contributed by atoms with van der Waals surface area (Å²) >= 11 is 5.19. The number of morpholine rings is 1. The van der Waals surface area contributed by atoms with Crippen molar-refractivity contribution in [3.05, 3.63) is 0 Å². The second kappa shape index (κ2) is 6.15. The molecule has 0 spiro atoms. The molecule has 16 heavy (non-hydrogen) atoms. The number of hydrogen-bond donors (Lipinski definition) is 1. The van der Waals surface area contributed by atoms with Crippen LogP contribution in [0.2, 0.25) is 0 Å². The van der Waals surface area contributed by atoms with Gasteiger partial charge in [0.05, 0.1) is 13.2 Å². The number of carbonyl (C=O) groups is 1. The lowest BCUT2D eigenvalue weighted by Gasteiger charge is -2.29. The van der Waals surface area contributed by atoms with Crippen molar-refractivity contribution in [2.45, 2.75) is 20.8 Å². The first-order valence-corrected chi connectivity index (χ1v) is 6.10. The van der Waals surface area contributed by atoms with Crippen molar-refractivity contribution in [3.63, 3.8) is 0 Å². The molecule has 0 aromatic heterocycles. The van der Waals surface area contributed by atoms with Crippen LogP contribution in [0, 0.1) is 11.8 Å². The van der Waals surface area contributed by atoms with Crippen molar-refractivity contribution in [1.82, 2.24) is 10.2 Å². The number of amides is 1. The van der Waals surface area contributed by atoms with Gasteiger partial charge in [-0.1, -0.05) is 20.8 Å². The zero-order valence-electron chi connectivity index (χ0n) is 10.2. The molecule has 1 fully saturated rings. The van der Waals surface area contributed by atoms with Gasteiger partial charge in [-0.15, -0.1) is 0 Å². The van der Waals surface area contributed by atoms with Gasteiger partial charge >= 0.3 is 0 Å². The van der Waals surface area contributed by atoms with Crippen molar-refractivity contribution < 1.29 is 9.53 Å². The molecular formula is C11H20N2O2S. The Balaban J connectivity index is 2.41. The van der Waals surface area contributed by atoms with E-state index in [4.69, 9.17) is 17.0 Å². The first kappa shape index (κ1) is 13.4. The van der Waals surface area contributed by atoms with E-state index in [0.29, 0.717) is 24.2 Å². The molecule has 1 aliphatic heterocycles. The highest BCUT2D eigenvalue weighted by Crippen LogP contribution is 2.09. The van der Waals surface area contributed by atoms with Gasteiger partial charge in [-0.2, -0.15) is 0 Å². The summed E-state index contributed by atoms with van der Waals surface area (Å²) in [5, 5.41) is 3.32. The monoisotopic (exact) mass is 244 g/mol.